The molecule has 0 amide bonds. The molecule has 0 saturated heterocycles. The second-order valence-electron chi connectivity index (χ2n) is 4.13. The number of nitrogens with one attached hydrogen (secondary N) is 2. The van der Waals surface area contributed by atoms with E-state index in [4.69, 9.17) is 18.0 Å². The average molecular weight is 307 g/mol. The summed E-state index contributed by atoms with van der Waals surface area (Å²) in [6.45, 7) is 1.87. The lowest BCUT2D eigenvalue weighted by Gasteiger charge is -2.06. The lowest BCUT2D eigenvalue weighted by molar-refractivity contribution is -0.582. The van der Waals surface area contributed by atoms with Crippen LogP contribution in [0.3, 0.4) is 0 Å². The molecular formula is C11H11N6OS2+. The summed E-state index contributed by atoms with van der Waals surface area (Å²) in [7, 11) is 0. The minimum absolute atomic E-state index is 0.102. The van der Waals surface area contributed by atoms with Crippen molar-refractivity contribution in [2.24, 2.45) is 5.73 Å². The lowest BCUT2D eigenvalue weighted by atomic mass is 10.2. The number of H-pyrrole nitrogens is 1. The summed E-state index contributed by atoms with van der Waals surface area (Å²) < 4.78 is 1.70. The standard InChI is InChI=1S/C11H10N6OS2/c1-5-14-15-11-17(5)16-9(20-11)7-3-2-6(4-8(7)18)13-10(12)19/h2-4H,1H3,(H4,12,13,16,18,19)/p+1. The average Bonchev–Trinajstić information content (AvgIpc) is 2.91. The van der Waals surface area contributed by atoms with Gasteiger partial charge in [0.15, 0.2) is 10.1 Å². The Hall–Kier alpha value is -2.26. The SMILES string of the molecule is Cc1[nH]nc2sc(-c3ccc(NC(N)=S)cc3O)n[n+]12. The predicted molar refractivity (Wildman–Crippen MR) is 79.7 cm³/mol. The van der Waals surface area contributed by atoms with Gasteiger partial charge >= 0.3 is 4.96 Å². The van der Waals surface area contributed by atoms with Gasteiger partial charge in [-0.15, -0.1) is 5.10 Å². The van der Waals surface area contributed by atoms with Gasteiger partial charge in [0.25, 0.3) is 5.82 Å². The Bertz CT molecular complexity index is 808. The number of fused-ring (bicyclic) bond motifs is 1. The molecule has 20 heavy (non-hydrogen) atoms. The number of hydrogen-bond acceptors (Lipinski definition) is 5. The van der Waals surface area contributed by atoms with Gasteiger partial charge in [0.05, 0.1) is 10.7 Å². The van der Waals surface area contributed by atoms with Crippen LogP contribution in [0.4, 0.5) is 5.69 Å². The third-order valence-corrected chi connectivity index (χ3v) is 3.73. The van der Waals surface area contributed by atoms with Gasteiger partial charge in [-0.3, -0.25) is 0 Å². The van der Waals surface area contributed by atoms with Crippen LogP contribution in [0, 0.1) is 6.92 Å². The van der Waals surface area contributed by atoms with Gasteiger partial charge in [0, 0.05) is 18.7 Å². The van der Waals surface area contributed by atoms with E-state index in [2.05, 4.69) is 20.6 Å². The summed E-state index contributed by atoms with van der Waals surface area (Å²) in [5.74, 6) is 0.929. The molecule has 2 aromatic heterocycles. The van der Waals surface area contributed by atoms with Crippen molar-refractivity contribution in [1.29, 1.82) is 0 Å². The number of aromatic hydroxyl groups is 1. The van der Waals surface area contributed by atoms with Crippen molar-refractivity contribution < 1.29 is 9.62 Å². The smallest absolute Gasteiger partial charge is 0.384 e. The van der Waals surface area contributed by atoms with Crippen molar-refractivity contribution in [2.45, 2.75) is 6.92 Å². The highest BCUT2D eigenvalue weighted by molar-refractivity contribution is 7.80. The molecule has 0 fully saturated rings. The number of anilines is 1. The van der Waals surface area contributed by atoms with E-state index in [-0.39, 0.29) is 10.9 Å². The first-order valence-electron chi connectivity index (χ1n) is 5.68. The fraction of sp³-hybridized carbons (Fsp3) is 0.0909. The lowest BCUT2D eigenvalue weighted by Crippen LogP contribution is -2.24. The Kier molecular flexibility index (Phi) is 2.99. The van der Waals surface area contributed by atoms with E-state index in [1.54, 1.807) is 22.7 Å². The molecule has 0 aliphatic carbocycles. The van der Waals surface area contributed by atoms with Crippen molar-refractivity contribution >= 4 is 39.3 Å². The monoisotopic (exact) mass is 307 g/mol. The van der Waals surface area contributed by atoms with E-state index >= 15 is 0 Å². The summed E-state index contributed by atoms with van der Waals surface area (Å²) >= 11 is 6.14. The van der Waals surface area contributed by atoms with Crippen LogP contribution >= 0.6 is 23.6 Å². The zero-order valence-electron chi connectivity index (χ0n) is 10.4. The molecule has 0 atom stereocenters. The van der Waals surface area contributed by atoms with E-state index in [9.17, 15) is 5.11 Å². The van der Waals surface area contributed by atoms with Crippen molar-refractivity contribution in [3.05, 3.63) is 24.0 Å². The molecule has 102 valence electrons. The highest BCUT2D eigenvalue weighted by Gasteiger charge is 2.19. The number of phenols is 1. The van der Waals surface area contributed by atoms with Crippen molar-refractivity contribution in [3.8, 4) is 16.3 Å². The van der Waals surface area contributed by atoms with Gasteiger partial charge in [-0.05, 0) is 35.7 Å². The van der Waals surface area contributed by atoms with E-state index < -0.39 is 0 Å². The number of rotatable bonds is 2. The van der Waals surface area contributed by atoms with Crippen molar-refractivity contribution in [2.75, 3.05) is 5.32 Å². The fourth-order valence-corrected chi connectivity index (χ4v) is 2.84. The summed E-state index contributed by atoms with van der Waals surface area (Å²) in [6, 6.07) is 5.09. The molecule has 7 nitrogen and oxygen atoms in total. The first kappa shape index (κ1) is 12.8. The zero-order valence-corrected chi connectivity index (χ0v) is 12.0. The number of nitrogens with two attached hydrogens (primary N) is 1. The van der Waals surface area contributed by atoms with Crippen LogP contribution < -0.4 is 15.6 Å². The van der Waals surface area contributed by atoms with Gasteiger partial charge in [-0.25, -0.2) is 0 Å². The fourth-order valence-electron chi connectivity index (χ4n) is 1.79. The summed E-state index contributed by atoms with van der Waals surface area (Å²) in [5.41, 5.74) is 6.65. The minimum Gasteiger partial charge on any atom is -0.507 e. The molecule has 0 spiro atoms. The van der Waals surface area contributed by atoms with Crippen LogP contribution in [-0.2, 0) is 0 Å². The number of nitrogens with zero attached hydrogens (tertiary/aromatic N) is 3. The molecule has 1 aromatic carbocycles. The normalized spacial score (nSPS) is 10.8. The minimum atomic E-state index is 0.102. The van der Waals surface area contributed by atoms with Gasteiger partial charge in [-0.1, -0.05) is 9.61 Å². The highest BCUT2D eigenvalue weighted by Crippen LogP contribution is 2.32. The van der Waals surface area contributed by atoms with E-state index in [0.717, 1.165) is 10.8 Å². The molecule has 0 saturated carbocycles. The molecule has 0 radical (unpaired) electrons. The Labute approximate surface area is 123 Å². The number of aromatic nitrogens is 4. The first-order valence-corrected chi connectivity index (χ1v) is 6.91. The summed E-state index contributed by atoms with van der Waals surface area (Å²) in [5, 5.41) is 25.1. The number of aromatic amines is 1. The Morgan fingerprint density at radius 1 is 1.55 bits per heavy atom. The Morgan fingerprint density at radius 3 is 3.00 bits per heavy atom. The molecule has 0 unspecified atom stereocenters. The second kappa shape index (κ2) is 4.69. The number of phenolic OH excluding ortho intramolecular Hbond substituents is 1. The van der Waals surface area contributed by atoms with Gasteiger partial charge < -0.3 is 16.2 Å². The largest absolute Gasteiger partial charge is 0.507 e. The quantitative estimate of drug-likeness (QED) is 0.415. The van der Waals surface area contributed by atoms with Gasteiger partial charge in [0.2, 0.25) is 0 Å². The van der Waals surface area contributed by atoms with Gasteiger partial charge in [0.1, 0.15) is 5.75 Å². The summed E-state index contributed by atoms with van der Waals surface area (Å²) in [6.07, 6.45) is 0. The molecule has 0 aliphatic rings. The molecular weight excluding hydrogens is 296 g/mol. The molecule has 2 heterocycles. The number of thiocarbonyl (C=S) groups is 1. The van der Waals surface area contributed by atoms with Crippen LogP contribution in [0.5, 0.6) is 5.75 Å². The van der Waals surface area contributed by atoms with E-state index in [1.165, 1.54) is 11.3 Å². The maximum atomic E-state index is 10.1. The topological polar surface area (TPSA) is 104 Å². The van der Waals surface area contributed by atoms with Crippen molar-refractivity contribution in [3.63, 3.8) is 0 Å². The summed E-state index contributed by atoms with van der Waals surface area (Å²) in [4.78, 5) is 0.738. The third-order valence-electron chi connectivity index (χ3n) is 2.69. The van der Waals surface area contributed by atoms with Crippen LogP contribution in [0.1, 0.15) is 5.82 Å². The molecule has 3 rings (SSSR count). The molecule has 5 N–H and O–H groups in total. The van der Waals surface area contributed by atoms with Crippen LogP contribution in [0.25, 0.3) is 15.5 Å². The second-order valence-corrected chi connectivity index (χ2v) is 5.53. The Balaban J connectivity index is 2.02. The van der Waals surface area contributed by atoms with E-state index in [1.807, 2.05) is 6.92 Å². The molecule has 0 bridgehead atoms. The van der Waals surface area contributed by atoms with Gasteiger partial charge in [-0.2, -0.15) is 0 Å². The molecule has 3 aromatic rings. The maximum absolute atomic E-state index is 10.1. The van der Waals surface area contributed by atoms with Crippen LogP contribution in [0.2, 0.25) is 0 Å². The number of benzene rings is 1. The Morgan fingerprint density at radius 2 is 2.35 bits per heavy atom. The van der Waals surface area contributed by atoms with Crippen molar-refractivity contribution in [1.82, 2.24) is 15.3 Å². The molecule has 9 heteroatoms. The maximum Gasteiger partial charge on any atom is 0.384 e. The number of aryl methyl sites for hydroxylation is 1. The van der Waals surface area contributed by atoms with E-state index in [0.29, 0.717) is 16.3 Å². The predicted octanol–water partition coefficient (Wildman–Crippen LogP) is 0.941. The van der Waals surface area contributed by atoms with Crippen LogP contribution in [0.15, 0.2) is 18.2 Å². The zero-order chi connectivity index (χ0) is 14.3. The third kappa shape index (κ3) is 2.17. The first-order chi connectivity index (χ1) is 9.54. The highest BCUT2D eigenvalue weighted by atomic mass is 32.1. The van der Waals surface area contributed by atoms with Crippen LogP contribution in [-0.4, -0.2) is 25.5 Å². The molecule has 0 aliphatic heterocycles. The number of hydrogen-bond donors (Lipinski definition) is 4.